The maximum atomic E-state index is 14.2. The van der Waals surface area contributed by atoms with Crippen molar-refractivity contribution in [1.29, 1.82) is 0 Å². The minimum Gasteiger partial charge on any atom is -0.355 e. The van der Waals surface area contributed by atoms with E-state index in [0.717, 1.165) is 41.5 Å². The van der Waals surface area contributed by atoms with Gasteiger partial charge in [-0.2, -0.15) is 0 Å². The van der Waals surface area contributed by atoms with Crippen LogP contribution in [0.3, 0.4) is 0 Å². The maximum absolute atomic E-state index is 14.2. The summed E-state index contributed by atoms with van der Waals surface area (Å²) in [5.74, 6) is -3.98. The zero-order valence-corrected chi connectivity index (χ0v) is 37.3. The standard InChI is InChI=1S/C55H56N6O6/c62-50(56-26-25-34-13-5-1-6-14-34)43-30-60(31-44(43)51(63)57-47-27-40(47)35-15-7-2-8-16-35)54(66)38-21-23-39(24-22-38)55(67)61-32-45(52(64)58-48-28-41(48)36-17-9-3-10-18-36)46(33-61)53(65)59-49-29-42(49)37-19-11-4-12-20-37/h1-24,40-49H,25-33H2,(H,56,62)(H,57,63)(H,58,64)(H,59,65)/t40-,41-,42-,43-,44-,45-,46-,47+,48+,49?/m1/s1. The molecule has 67 heavy (non-hydrogen) atoms. The van der Waals surface area contributed by atoms with E-state index in [1.54, 1.807) is 34.1 Å². The van der Waals surface area contributed by atoms with Gasteiger partial charge in [-0.25, -0.2) is 0 Å². The van der Waals surface area contributed by atoms with E-state index in [4.69, 9.17) is 0 Å². The van der Waals surface area contributed by atoms with Crippen molar-refractivity contribution in [3.8, 4) is 0 Å². The number of hydrogen-bond donors (Lipinski definition) is 4. The highest BCUT2D eigenvalue weighted by molar-refractivity contribution is 6.00. The molecule has 2 aliphatic heterocycles. The first-order valence-corrected chi connectivity index (χ1v) is 23.7. The highest BCUT2D eigenvalue weighted by Gasteiger charge is 2.50. The first-order valence-electron chi connectivity index (χ1n) is 23.7. The van der Waals surface area contributed by atoms with Crippen molar-refractivity contribution < 1.29 is 28.8 Å². The van der Waals surface area contributed by atoms with Crippen LogP contribution in [0.4, 0.5) is 0 Å². The van der Waals surface area contributed by atoms with Gasteiger partial charge in [-0.1, -0.05) is 121 Å². The van der Waals surface area contributed by atoms with Gasteiger partial charge in [0.15, 0.2) is 0 Å². The van der Waals surface area contributed by atoms with Gasteiger partial charge in [-0.15, -0.1) is 0 Å². The molecule has 12 nitrogen and oxygen atoms in total. The number of nitrogens with one attached hydrogen (secondary N) is 4. The quantitative estimate of drug-likeness (QED) is 0.110. The van der Waals surface area contributed by atoms with Gasteiger partial charge >= 0.3 is 0 Å². The normalized spacial score (nSPS) is 26.8. The van der Waals surface area contributed by atoms with Gasteiger partial charge in [0.05, 0.1) is 23.7 Å². The van der Waals surface area contributed by atoms with Gasteiger partial charge in [0.25, 0.3) is 11.8 Å². The van der Waals surface area contributed by atoms with Crippen molar-refractivity contribution in [3.63, 3.8) is 0 Å². The summed E-state index contributed by atoms with van der Waals surface area (Å²) in [5, 5.41) is 12.6. The Morgan fingerprint density at radius 1 is 0.403 bits per heavy atom. The fourth-order valence-electron chi connectivity index (χ4n) is 10.4. The fourth-order valence-corrected chi connectivity index (χ4v) is 10.4. The molecule has 0 radical (unpaired) electrons. The maximum Gasteiger partial charge on any atom is 0.253 e. The Morgan fingerprint density at radius 3 is 1.06 bits per heavy atom. The number of hydrogen-bond acceptors (Lipinski definition) is 6. The lowest BCUT2D eigenvalue weighted by molar-refractivity contribution is -0.133. The van der Waals surface area contributed by atoms with Gasteiger partial charge in [0, 0.05) is 79.7 Å². The lowest BCUT2D eigenvalue weighted by atomic mass is 9.94. The van der Waals surface area contributed by atoms with Gasteiger partial charge in [-0.05, 0) is 72.2 Å². The molecule has 342 valence electrons. The van der Waals surface area contributed by atoms with E-state index in [2.05, 4.69) is 57.7 Å². The van der Waals surface area contributed by atoms with Gasteiger partial charge in [0.2, 0.25) is 23.6 Å². The summed E-state index contributed by atoms with van der Waals surface area (Å²) in [4.78, 5) is 87.0. The molecule has 0 spiro atoms. The van der Waals surface area contributed by atoms with Crippen LogP contribution in [0.1, 0.15) is 80.0 Å². The molecular weight excluding hydrogens is 841 g/mol. The molecule has 12 heteroatoms. The Morgan fingerprint density at radius 2 is 0.716 bits per heavy atom. The second-order valence-electron chi connectivity index (χ2n) is 19.1. The average Bonchev–Trinajstić information content (AvgIpc) is 4.34. The highest BCUT2D eigenvalue weighted by atomic mass is 16.2. The van der Waals surface area contributed by atoms with Crippen LogP contribution < -0.4 is 21.3 Å². The SMILES string of the molecule is O=C(NCCc1ccccc1)[C@@H]1CN(C(=O)c2ccc(C(=O)N3C[C@@H](C(=O)NC4C[C@@H]4c4ccccc4)[C@H](C(=O)N[C@H]4C[C@@H]4c4ccccc4)C3)cc2)C[C@H]1C(=O)N[C@H]1C[C@@H]1c1ccccc1. The van der Waals surface area contributed by atoms with Crippen LogP contribution in [0.2, 0.25) is 0 Å². The molecular formula is C55H56N6O6. The smallest absolute Gasteiger partial charge is 0.253 e. The summed E-state index contributed by atoms with van der Waals surface area (Å²) < 4.78 is 0. The molecule has 5 fully saturated rings. The molecule has 10 atom stereocenters. The Labute approximate surface area is 390 Å². The van der Waals surface area contributed by atoms with Crippen LogP contribution in [0.25, 0.3) is 0 Å². The van der Waals surface area contributed by atoms with Crippen LogP contribution >= 0.6 is 0 Å². The van der Waals surface area contributed by atoms with Crippen molar-refractivity contribution in [2.75, 3.05) is 32.7 Å². The number of nitrogens with zero attached hydrogens (tertiary/aromatic N) is 2. The highest BCUT2D eigenvalue weighted by Crippen LogP contribution is 2.43. The molecule has 5 aromatic carbocycles. The summed E-state index contributed by atoms with van der Waals surface area (Å²) in [6.45, 7) is 0.706. The summed E-state index contributed by atoms with van der Waals surface area (Å²) in [5.41, 5.74) is 5.20. The van der Waals surface area contributed by atoms with E-state index in [9.17, 15) is 28.8 Å². The van der Waals surface area contributed by atoms with Crippen LogP contribution in [0, 0.1) is 23.7 Å². The average molecular weight is 897 g/mol. The molecule has 0 bridgehead atoms. The van der Waals surface area contributed by atoms with E-state index in [0.29, 0.717) is 24.1 Å². The Kier molecular flexibility index (Phi) is 12.4. The van der Waals surface area contributed by atoms with Crippen LogP contribution in [-0.4, -0.2) is 96.1 Å². The van der Waals surface area contributed by atoms with Crippen LogP contribution in [0.15, 0.2) is 146 Å². The van der Waals surface area contributed by atoms with Crippen molar-refractivity contribution in [2.24, 2.45) is 23.7 Å². The Balaban J connectivity index is 0.798. The molecule has 5 aromatic rings. The molecule has 5 aliphatic rings. The largest absolute Gasteiger partial charge is 0.355 e. The lowest BCUT2D eigenvalue weighted by Crippen LogP contribution is -2.43. The third kappa shape index (κ3) is 9.89. The van der Waals surface area contributed by atoms with Crippen molar-refractivity contribution in [3.05, 3.63) is 179 Å². The predicted octanol–water partition coefficient (Wildman–Crippen LogP) is 5.44. The zero-order chi connectivity index (χ0) is 46.0. The summed E-state index contributed by atoms with van der Waals surface area (Å²) in [7, 11) is 0. The molecule has 0 aromatic heterocycles. The van der Waals surface area contributed by atoms with Crippen LogP contribution in [0.5, 0.6) is 0 Å². The molecule has 3 aliphatic carbocycles. The number of likely N-dealkylation sites (tertiary alicyclic amines) is 2. The third-order valence-electron chi connectivity index (χ3n) is 14.5. The van der Waals surface area contributed by atoms with E-state index in [1.165, 1.54) is 0 Å². The Bertz CT molecular complexity index is 2540. The minimum atomic E-state index is -0.742. The van der Waals surface area contributed by atoms with Crippen molar-refractivity contribution in [2.45, 2.75) is 61.6 Å². The number of rotatable bonds is 15. The molecule has 6 amide bonds. The molecule has 10 rings (SSSR count). The summed E-state index contributed by atoms with van der Waals surface area (Å²) in [6, 6.07) is 46.2. The van der Waals surface area contributed by atoms with E-state index in [-0.39, 0.29) is 97.5 Å². The first-order chi connectivity index (χ1) is 32.7. The van der Waals surface area contributed by atoms with E-state index >= 15 is 0 Å². The number of amides is 6. The van der Waals surface area contributed by atoms with E-state index in [1.807, 2.05) is 84.9 Å². The second kappa shape index (κ2) is 19.0. The molecule has 3 saturated carbocycles. The summed E-state index contributed by atoms with van der Waals surface area (Å²) in [6.07, 6.45) is 3.08. The number of benzene rings is 5. The molecule has 2 saturated heterocycles. The topological polar surface area (TPSA) is 157 Å². The van der Waals surface area contributed by atoms with Crippen molar-refractivity contribution >= 4 is 35.4 Å². The third-order valence-corrected chi connectivity index (χ3v) is 14.5. The predicted molar refractivity (Wildman–Crippen MR) is 253 cm³/mol. The van der Waals surface area contributed by atoms with Gasteiger partial charge < -0.3 is 31.1 Å². The van der Waals surface area contributed by atoms with E-state index < -0.39 is 23.7 Å². The number of carbonyl (C=O) groups excluding carboxylic acids is 6. The monoisotopic (exact) mass is 896 g/mol. The lowest BCUT2D eigenvalue weighted by Gasteiger charge is -2.18. The fraction of sp³-hybridized carbons (Fsp3) is 0.345. The molecule has 1 unspecified atom stereocenters. The van der Waals surface area contributed by atoms with Crippen LogP contribution in [-0.2, 0) is 25.6 Å². The second-order valence-corrected chi connectivity index (χ2v) is 19.1. The first kappa shape index (κ1) is 43.8. The van der Waals surface area contributed by atoms with Gasteiger partial charge in [0.1, 0.15) is 0 Å². The Hall–Kier alpha value is -7.08. The molecule has 4 N–H and O–H groups in total. The molecule has 2 heterocycles. The number of carbonyl (C=O) groups is 6. The van der Waals surface area contributed by atoms with Crippen molar-refractivity contribution in [1.82, 2.24) is 31.1 Å². The van der Waals surface area contributed by atoms with Gasteiger partial charge in [-0.3, -0.25) is 28.8 Å². The minimum absolute atomic E-state index is 0.0332. The zero-order valence-electron chi connectivity index (χ0n) is 37.3. The summed E-state index contributed by atoms with van der Waals surface area (Å²) >= 11 is 0.